The minimum Gasteiger partial charge on any atom is -0.396 e. The molecule has 2 amide bonds. The first kappa shape index (κ1) is 18.6. The number of aliphatic hydroxyl groups excluding tert-OH is 2. The van der Waals surface area contributed by atoms with E-state index in [1.807, 2.05) is 0 Å². The van der Waals surface area contributed by atoms with E-state index in [0.717, 1.165) is 4.31 Å². The molecule has 0 aliphatic heterocycles. The zero-order chi connectivity index (χ0) is 15.1. The quantitative estimate of drug-likeness (QED) is 0.390. The molecule has 0 radical (unpaired) electrons. The molecule has 19 heavy (non-hydrogen) atoms. The third kappa shape index (κ3) is 6.51. The van der Waals surface area contributed by atoms with E-state index < -0.39 is 17.4 Å². The van der Waals surface area contributed by atoms with Gasteiger partial charge in [0.2, 0.25) is 5.91 Å². The first-order chi connectivity index (χ1) is 8.76. The van der Waals surface area contributed by atoms with Crippen molar-refractivity contribution < 1.29 is 19.8 Å². The fraction of sp³-hybridized carbons (Fsp3) is 0.818. The van der Waals surface area contributed by atoms with Crippen molar-refractivity contribution in [1.82, 2.24) is 9.62 Å². The molecule has 0 heterocycles. The van der Waals surface area contributed by atoms with Gasteiger partial charge in [0.15, 0.2) is 0 Å². The Morgan fingerprint density at radius 3 is 2.47 bits per heavy atom. The van der Waals surface area contributed by atoms with E-state index in [2.05, 4.69) is 30.8 Å². The molecule has 0 aromatic carbocycles. The zero-order valence-electron chi connectivity index (χ0n) is 11.2. The number of carbonyl (C=O) groups is 2. The van der Waals surface area contributed by atoms with Gasteiger partial charge in [-0.25, -0.2) is 0 Å². The number of hydrogen-bond acceptors (Lipinski definition) is 6. The highest BCUT2D eigenvalue weighted by Gasteiger charge is 2.35. The van der Waals surface area contributed by atoms with Gasteiger partial charge in [0.25, 0.3) is 5.91 Å². The van der Waals surface area contributed by atoms with Crippen LogP contribution < -0.4 is 5.32 Å². The molecule has 8 heteroatoms. The van der Waals surface area contributed by atoms with Gasteiger partial charge in [-0.15, -0.1) is 0 Å². The molecule has 0 spiro atoms. The summed E-state index contributed by atoms with van der Waals surface area (Å²) >= 11 is 7.90. The largest absolute Gasteiger partial charge is 0.396 e. The molecule has 6 nitrogen and oxygen atoms in total. The number of nitrogens with one attached hydrogen (secondary N) is 1. The lowest BCUT2D eigenvalue weighted by Crippen LogP contribution is -2.45. The van der Waals surface area contributed by atoms with E-state index >= 15 is 0 Å². The molecule has 0 aliphatic rings. The van der Waals surface area contributed by atoms with Crippen LogP contribution in [0.15, 0.2) is 0 Å². The summed E-state index contributed by atoms with van der Waals surface area (Å²) in [7, 11) is 0. The third-order valence-corrected chi connectivity index (χ3v) is 3.24. The zero-order valence-corrected chi connectivity index (χ0v) is 13.0. The molecule has 0 aromatic rings. The molecule has 0 rings (SSSR count). The lowest BCUT2D eigenvalue weighted by atomic mass is 9.87. The Labute approximate surface area is 124 Å². The number of rotatable bonds is 8. The molecule has 0 saturated carbocycles. The number of nitrogens with zero attached hydrogens (tertiary/aromatic N) is 1. The minimum atomic E-state index is -1.37. The van der Waals surface area contributed by atoms with Crippen molar-refractivity contribution in [2.45, 2.75) is 26.4 Å². The molecular weight excluding hydrogens is 288 g/mol. The van der Waals surface area contributed by atoms with Gasteiger partial charge in [0, 0.05) is 30.7 Å². The second-order valence-corrected chi connectivity index (χ2v) is 5.76. The summed E-state index contributed by atoms with van der Waals surface area (Å²) in [5, 5.41) is 21.5. The summed E-state index contributed by atoms with van der Waals surface area (Å²) in [6.45, 7) is 3.35. The van der Waals surface area contributed by atoms with Crippen molar-refractivity contribution in [3.8, 4) is 0 Å². The van der Waals surface area contributed by atoms with Crippen molar-refractivity contribution >= 4 is 37.3 Å². The first-order valence-electron chi connectivity index (χ1n) is 5.93. The van der Waals surface area contributed by atoms with E-state index in [0.29, 0.717) is 12.3 Å². The Morgan fingerprint density at radius 1 is 1.42 bits per heavy atom. The number of carbonyl (C=O) groups excluding carboxylic acids is 2. The molecule has 0 fully saturated rings. The van der Waals surface area contributed by atoms with Crippen molar-refractivity contribution in [3.05, 3.63) is 0 Å². The highest BCUT2D eigenvalue weighted by Crippen LogP contribution is 2.21. The normalized spacial score (nSPS) is 12.9. The predicted molar refractivity (Wildman–Crippen MR) is 79.1 cm³/mol. The van der Waals surface area contributed by atoms with Gasteiger partial charge in [-0.3, -0.25) is 13.9 Å². The highest BCUT2D eigenvalue weighted by atomic mass is 32.1. The number of amides is 2. The van der Waals surface area contributed by atoms with E-state index in [-0.39, 0.29) is 25.5 Å². The summed E-state index contributed by atoms with van der Waals surface area (Å²) in [4.78, 5) is 23.2. The summed E-state index contributed by atoms with van der Waals surface area (Å²) in [5.41, 5.74) is -0.952. The lowest BCUT2D eigenvalue weighted by molar-refractivity contribution is -0.142. The molecule has 3 N–H and O–H groups in total. The van der Waals surface area contributed by atoms with Crippen molar-refractivity contribution in [3.63, 3.8) is 0 Å². The Hall–Kier alpha value is -0.440. The lowest BCUT2D eigenvalue weighted by Gasteiger charge is -2.29. The molecule has 0 aromatic heterocycles. The van der Waals surface area contributed by atoms with Crippen LogP contribution in [0.4, 0.5) is 0 Å². The van der Waals surface area contributed by atoms with Crippen LogP contribution in [0.3, 0.4) is 0 Å². The van der Waals surface area contributed by atoms with Crippen LogP contribution in [0.1, 0.15) is 20.3 Å². The van der Waals surface area contributed by atoms with Gasteiger partial charge in [-0.2, -0.15) is 12.6 Å². The summed E-state index contributed by atoms with van der Waals surface area (Å²) in [6, 6.07) is 0. The van der Waals surface area contributed by atoms with Gasteiger partial charge >= 0.3 is 0 Å². The number of aliphatic hydroxyl groups is 2. The average Bonchev–Trinajstić information content (AvgIpc) is 2.40. The maximum Gasteiger partial charge on any atom is 0.261 e. The highest BCUT2D eigenvalue weighted by molar-refractivity contribution is 7.80. The van der Waals surface area contributed by atoms with Crippen LogP contribution in [0.25, 0.3) is 0 Å². The standard InChI is InChI=1S/C11H22N2O4S2/c1-11(2,7-14)9(16)10(17)13(19)5-3-8(15)12-4-6-18/h9,14,16,18-19H,3-7H2,1-2H3,(H,12,15). The predicted octanol–water partition coefficient (Wildman–Crippen LogP) is -0.525. The Balaban J connectivity index is 4.24. The number of thiol groups is 2. The third-order valence-electron chi connectivity index (χ3n) is 2.62. The van der Waals surface area contributed by atoms with Crippen LogP contribution in [0.5, 0.6) is 0 Å². The van der Waals surface area contributed by atoms with Gasteiger partial charge in [-0.05, 0) is 0 Å². The van der Waals surface area contributed by atoms with Crippen molar-refractivity contribution in [2.75, 3.05) is 25.4 Å². The van der Waals surface area contributed by atoms with Crippen molar-refractivity contribution in [2.24, 2.45) is 5.41 Å². The maximum absolute atomic E-state index is 11.8. The fourth-order valence-corrected chi connectivity index (χ4v) is 1.48. The van der Waals surface area contributed by atoms with Crippen LogP contribution in [0, 0.1) is 5.41 Å². The van der Waals surface area contributed by atoms with Crippen LogP contribution in [-0.2, 0) is 9.59 Å². The SMILES string of the molecule is CC(C)(CO)C(O)C(=O)N(S)CCC(=O)NCCS. The summed E-state index contributed by atoms with van der Waals surface area (Å²) < 4.78 is 0.988. The Kier molecular flexibility index (Phi) is 8.47. The molecule has 0 saturated heterocycles. The van der Waals surface area contributed by atoms with Crippen LogP contribution in [0.2, 0.25) is 0 Å². The number of hydrogen-bond donors (Lipinski definition) is 5. The van der Waals surface area contributed by atoms with Crippen molar-refractivity contribution in [1.29, 1.82) is 0 Å². The molecule has 0 aliphatic carbocycles. The van der Waals surface area contributed by atoms with E-state index in [1.165, 1.54) is 0 Å². The average molecular weight is 310 g/mol. The van der Waals surface area contributed by atoms with Gasteiger partial charge in [-0.1, -0.05) is 26.7 Å². The van der Waals surface area contributed by atoms with E-state index in [1.54, 1.807) is 13.8 Å². The maximum atomic E-state index is 11.8. The molecule has 1 unspecified atom stereocenters. The molecule has 112 valence electrons. The van der Waals surface area contributed by atoms with Gasteiger partial charge in [0.1, 0.15) is 6.10 Å². The van der Waals surface area contributed by atoms with Crippen LogP contribution >= 0.6 is 25.4 Å². The molecule has 1 atom stereocenters. The summed E-state index contributed by atoms with van der Waals surface area (Å²) in [5.74, 6) is -0.306. The topological polar surface area (TPSA) is 89.9 Å². The smallest absolute Gasteiger partial charge is 0.261 e. The first-order valence-corrected chi connectivity index (χ1v) is 6.96. The molecule has 0 bridgehead atoms. The minimum absolute atomic E-state index is 0.0823. The second-order valence-electron chi connectivity index (χ2n) is 4.83. The van der Waals surface area contributed by atoms with Gasteiger partial charge in [0.05, 0.1) is 6.61 Å². The Bertz CT molecular complexity index is 313. The van der Waals surface area contributed by atoms with Gasteiger partial charge < -0.3 is 15.5 Å². The second kappa shape index (κ2) is 8.68. The summed E-state index contributed by atoms with van der Waals surface area (Å²) in [6.07, 6.45) is -1.27. The van der Waals surface area contributed by atoms with E-state index in [9.17, 15) is 14.7 Å². The fourth-order valence-electron chi connectivity index (χ4n) is 1.16. The van der Waals surface area contributed by atoms with E-state index in [4.69, 9.17) is 5.11 Å². The Morgan fingerprint density at radius 2 is 2.00 bits per heavy atom. The molecular formula is C11H22N2O4S2. The monoisotopic (exact) mass is 310 g/mol. The van der Waals surface area contributed by atoms with Crippen LogP contribution in [-0.4, -0.2) is 57.9 Å².